The molecule has 1 amide bonds. The Kier molecular flexibility index (Phi) is 6.94. The highest BCUT2D eigenvalue weighted by molar-refractivity contribution is 7.89. The number of halogens is 2. The molecule has 1 aromatic carbocycles. The van der Waals surface area contributed by atoms with Crippen LogP contribution in [-0.4, -0.2) is 63.0 Å². The quantitative estimate of drug-likeness (QED) is 0.704. The maximum Gasteiger partial charge on any atom is 0.243 e. The number of morpholine rings is 1. The van der Waals surface area contributed by atoms with E-state index < -0.39 is 15.8 Å². The van der Waals surface area contributed by atoms with Gasteiger partial charge < -0.3 is 15.0 Å². The van der Waals surface area contributed by atoms with E-state index in [4.69, 9.17) is 16.3 Å². The Morgan fingerprint density at radius 3 is 2.56 bits per heavy atom. The molecule has 0 unspecified atom stereocenters. The van der Waals surface area contributed by atoms with Gasteiger partial charge in [-0.05, 0) is 43.2 Å². The average molecular weight is 483 g/mol. The first-order valence-corrected chi connectivity index (χ1v) is 12.2. The number of ether oxygens (including phenoxy) is 1. The van der Waals surface area contributed by atoms with E-state index in [9.17, 15) is 17.6 Å². The minimum atomic E-state index is -3.81. The summed E-state index contributed by atoms with van der Waals surface area (Å²) in [6.45, 7) is 3.00. The standard InChI is InChI=1S/C21H24ClFN4O4S/c22-17-14-16(3-4-18(17)23)32(29,30)27-8-5-15(6-9-27)21(28)25-19-2-1-7-24-20(19)26-10-12-31-13-11-26/h1-4,7,14-15H,5-6,8-13H2,(H,25,28). The average Bonchev–Trinajstić information content (AvgIpc) is 2.82. The van der Waals surface area contributed by atoms with E-state index in [1.807, 2.05) is 6.07 Å². The van der Waals surface area contributed by atoms with Gasteiger partial charge in [0.2, 0.25) is 15.9 Å². The van der Waals surface area contributed by atoms with Gasteiger partial charge >= 0.3 is 0 Å². The zero-order valence-electron chi connectivity index (χ0n) is 17.3. The first-order valence-electron chi connectivity index (χ1n) is 10.4. The number of hydrogen-bond acceptors (Lipinski definition) is 6. The summed E-state index contributed by atoms with van der Waals surface area (Å²) in [4.78, 5) is 19.3. The molecule has 0 atom stereocenters. The van der Waals surface area contributed by atoms with Gasteiger partial charge in [-0.25, -0.2) is 17.8 Å². The largest absolute Gasteiger partial charge is 0.378 e. The fourth-order valence-electron chi connectivity index (χ4n) is 3.90. The summed E-state index contributed by atoms with van der Waals surface area (Å²) >= 11 is 5.74. The maximum absolute atomic E-state index is 13.4. The number of carbonyl (C=O) groups is 1. The Bertz CT molecular complexity index is 1090. The van der Waals surface area contributed by atoms with Crippen molar-refractivity contribution in [2.45, 2.75) is 17.7 Å². The maximum atomic E-state index is 13.4. The van der Waals surface area contributed by atoms with E-state index in [0.717, 1.165) is 12.1 Å². The lowest BCUT2D eigenvalue weighted by molar-refractivity contribution is -0.120. The fourth-order valence-corrected chi connectivity index (χ4v) is 5.64. The molecule has 2 saturated heterocycles. The lowest BCUT2D eigenvalue weighted by Crippen LogP contribution is -2.41. The Morgan fingerprint density at radius 1 is 1.16 bits per heavy atom. The molecule has 2 aliphatic heterocycles. The van der Waals surface area contributed by atoms with E-state index in [-0.39, 0.29) is 34.8 Å². The van der Waals surface area contributed by atoms with Crippen LogP contribution in [0.4, 0.5) is 15.9 Å². The molecule has 0 bridgehead atoms. The monoisotopic (exact) mass is 482 g/mol. The van der Waals surface area contributed by atoms with Crippen LogP contribution in [0.3, 0.4) is 0 Å². The van der Waals surface area contributed by atoms with E-state index >= 15 is 0 Å². The Hall–Kier alpha value is -2.27. The SMILES string of the molecule is O=C(Nc1cccnc1N1CCOCC1)C1CCN(S(=O)(=O)c2ccc(F)c(Cl)c2)CC1. The summed E-state index contributed by atoms with van der Waals surface area (Å²) in [5.41, 5.74) is 0.635. The summed E-state index contributed by atoms with van der Waals surface area (Å²) in [5.74, 6) is -0.449. The number of piperidine rings is 1. The molecular formula is C21H24ClFN4O4S. The molecule has 0 radical (unpaired) electrons. The van der Waals surface area contributed by atoms with E-state index in [1.54, 1.807) is 12.3 Å². The molecule has 0 saturated carbocycles. The zero-order chi connectivity index (χ0) is 22.7. The number of amides is 1. The molecule has 4 rings (SSSR count). The van der Waals surface area contributed by atoms with Crippen LogP contribution >= 0.6 is 11.6 Å². The number of nitrogens with zero attached hydrogens (tertiary/aromatic N) is 3. The van der Waals surface area contributed by atoms with Crippen molar-refractivity contribution in [3.05, 3.63) is 47.4 Å². The first kappa shape index (κ1) is 22.9. The van der Waals surface area contributed by atoms with Crippen LogP contribution in [0.2, 0.25) is 5.02 Å². The topological polar surface area (TPSA) is 91.8 Å². The lowest BCUT2D eigenvalue weighted by atomic mass is 9.97. The highest BCUT2D eigenvalue weighted by Gasteiger charge is 2.33. The molecule has 0 aliphatic carbocycles. The number of rotatable bonds is 5. The number of carbonyl (C=O) groups excluding carboxylic acids is 1. The van der Waals surface area contributed by atoms with Crippen LogP contribution in [0, 0.1) is 11.7 Å². The highest BCUT2D eigenvalue weighted by atomic mass is 35.5. The molecule has 3 heterocycles. The van der Waals surface area contributed by atoms with Crippen molar-refractivity contribution in [3.8, 4) is 0 Å². The van der Waals surface area contributed by atoms with Gasteiger partial charge in [-0.2, -0.15) is 4.31 Å². The third-order valence-electron chi connectivity index (χ3n) is 5.71. The summed E-state index contributed by atoms with van der Waals surface area (Å²) < 4.78 is 45.8. The zero-order valence-corrected chi connectivity index (χ0v) is 18.9. The summed E-state index contributed by atoms with van der Waals surface area (Å²) in [7, 11) is -3.81. The van der Waals surface area contributed by atoms with Crippen molar-refractivity contribution in [3.63, 3.8) is 0 Å². The Labute approximate surface area is 191 Å². The number of sulfonamides is 1. The van der Waals surface area contributed by atoms with Gasteiger partial charge in [-0.15, -0.1) is 0 Å². The van der Waals surface area contributed by atoms with E-state index in [1.165, 1.54) is 10.4 Å². The molecule has 8 nitrogen and oxygen atoms in total. The second kappa shape index (κ2) is 9.70. The van der Waals surface area contributed by atoms with Crippen LogP contribution in [0.25, 0.3) is 0 Å². The number of hydrogen-bond donors (Lipinski definition) is 1. The number of nitrogens with one attached hydrogen (secondary N) is 1. The first-order chi connectivity index (χ1) is 15.4. The van der Waals surface area contributed by atoms with Crippen molar-refractivity contribution >= 4 is 39.0 Å². The lowest BCUT2D eigenvalue weighted by Gasteiger charge is -2.32. The molecule has 1 aromatic heterocycles. The van der Waals surface area contributed by atoms with Gasteiger partial charge in [0.15, 0.2) is 5.82 Å². The van der Waals surface area contributed by atoms with Crippen molar-refractivity contribution in [1.82, 2.24) is 9.29 Å². The van der Waals surface area contributed by atoms with E-state index in [2.05, 4.69) is 15.2 Å². The van der Waals surface area contributed by atoms with Crippen molar-refractivity contribution < 1.29 is 22.3 Å². The number of benzene rings is 1. The summed E-state index contributed by atoms with van der Waals surface area (Å²) in [5, 5.41) is 2.72. The molecule has 1 N–H and O–H groups in total. The van der Waals surface area contributed by atoms with Crippen LogP contribution in [0.15, 0.2) is 41.4 Å². The van der Waals surface area contributed by atoms with Crippen molar-refractivity contribution in [2.75, 3.05) is 49.6 Å². The molecule has 2 aromatic rings. The number of anilines is 2. The van der Waals surface area contributed by atoms with Crippen molar-refractivity contribution in [2.24, 2.45) is 5.92 Å². The molecule has 2 aliphatic rings. The second-order valence-corrected chi connectivity index (χ2v) is 10.1. The van der Waals surface area contributed by atoms with Crippen LogP contribution in [0.5, 0.6) is 0 Å². The minimum absolute atomic E-state index is 0.0580. The molecule has 11 heteroatoms. The van der Waals surface area contributed by atoms with Gasteiger partial charge in [0, 0.05) is 38.3 Å². The third-order valence-corrected chi connectivity index (χ3v) is 7.89. The molecule has 172 valence electrons. The summed E-state index contributed by atoms with van der Waals surface area (Å²) in [6.07, 6.45) is 2.45. The van der Waals surface area contributed by atoms with Crippen LogP contribution in [-0.2, 0) is 19.6 Å². The normalized spacial score (nSPS) is 18.5. The molecular weight excluding hydrogens is 459 g/mol. The molecule has 32 heavy (non-hydrogen) atoms. The van der Waals surface area contributed by atoms with Gasteiger partial charge in [0.25, 0.3) is 0 Å². The smallest absolute Gasteiger partial charge is 0.243 e. The fraction of sp³-hybridized carbons (Fsp3) is 0.429. The minimum Gasteiger partial charge on any atom is -0.378 e. The van der Waals surface area contributed by atoms with Gasteiger partial charge in [0.05, 0.1) is 28.8 Å². The third kappa shape index (κ3) is 4.88. The predicted molar refractivity (Wildman–Crippen MR) is 119 cm³/mol. The van der Waals surface area contributed by atoms with Gasteiger partial charge in [-0.3, -0.25) is 4.79 Å². The van der Waals surface area contributed by atoms with Crippen LogP contribution < -0.4 is 10.2 Å². The summed E-state index contributed by atoms with van der Waals surface area (Å²) in [6, 6.07) is 6.93. The second-order valence-electron chi connectivity index (χ2n) is 7.72. The van der Waals surface area contributed by atoms with Crippen LogP contribution in [0.1, 0.15) is 12.8 Å². The highest BCUT2D eigenvalue weighted by Crippen LogP contribution is 2.29. The Balaban J connectivity index is 1.39. The number of pyridine rings is 1. The van der Waals surface area contributed by atoms with Gasteiger partial charge in [-0.1, -0.05) is 11.6 Å². The van der Waals surface area contributed by atoms with E-state index in [0.29, 0.717) is 50.7 Å². The number of aromatic nitrogens is 1. The molecule has 0 spiro atoms. The Morgan fingerprint density at radius 2 is 1.88 bits per heavy atom. The van der Waals surface area contributed by atoms with Crippen molar-refractivity contribution in [1.29, 1.82) is 0 Å². The molecule has 2 fully saturated rings. The van der Waals surface area contributed by atoms with Gasteiger partial charge in [0.1, 0.15) is 5.82 Å². The predicted octanol–water partition coefficient (Wildman–Crippen LogP) is 2.75.